The van der Waals surface area contributed by atoms with Gasteiger partial charge in [-0.25, -0.2) is 0 Å². The summed E-state index contributed by atoms with van der Waals surface area (Å²) in [4.78, 5) is 2.08. The average Bonchev–Trinajstić information content (AvgIpc) is 2.38. The van der Waals surface area contributed by atoms with Crippen LogP contribution in [-0.2, 0) is 0 Å². The zero-order chi connectivity index (χ0) is 8.10. The smallest absolute Gasteiger partial charge is 0.113 e. The first-order valence-electron chi connectivity index (χ1n) is 3.61. The van der Waals surface area contributed by atoms with Crippen LogP contribution in [0.5, 0.6) is 0 Å². The van der Waals surface area contributed by atoms with Crippen molar-refractivity contribution in [3.63, 3.8) is 0 Å². The van der Waals surface area contributed by atoms with E-state index in [1.54, 1.807) is 0 Å². The van der Waals surface area contributed by atoms with Gasteiger partial charge in [-0.3, -0.25) is 5.01 Å². The third-order valence-corrected chi connectivity index (χ3v) is 1.43. The minimum absolute atomic E-state index is 0.810. The van der Waals surface area contributed by atoms with Gasteiger partial charge in [-0.1, -0.05) is 12.2 Å². The highest BCUT2D eigenvalue weighted by molar-refractivity contribution is 5.56. The second kappa shape index (κ2) is 3.81. The van der Waals surface area contributed by atoms with E-state index in [2.05, 4.69) is 23.2 Å². The van der Waals surface area contributed by atoms with E-state index < -0.39 is 0 Å². The Labute approximate surface area is 67.3 Å². The molecule has 60 valence electrons. The number of rotatable bonds is 4. The van der Waals surface area contributed by atoms with Crippen molar-refractivity contribution in [2.45, 2.75) is 0 Å². The Morgan fingerprint density at radius 2 is 2.09 bits per heavy atom. The highest BCUT2D eigenvalue weighted by Gasteiger charge is 2.09. The van der Waals surface area contributed by atoms with Gasteiger partial charge in [-0.15, -0.1) is 13.2 Å². The lowest BCUT2D eigenvalue weighted by atomic mass is 10.5. The van der Waals surface area contributed by atoms with Crippen molar-refractivity contribution in [2.24, 2.45) is 5.10 Å². The number of nitrogens with zero attached hydrogens (tertiary/aromatic N) is 3. The summed E-state index contributed by atoms with van der Waals surface area (Å²) in [5, 5.41) is 6.08. The second-order valence-electron chi connectivity index (χ2n) is 2.41. The van der Waals surface area contributed by atoms with Crippen molar-refractivity contribution in [1.82, 2.24) is 9.91 Å². The lowest BCUT2D eigenvalue weighted by molar-refractivity contribution is 0.267. The highest BCUT2D eigenvalue weighted by Crippen LogP contribution is 2.00. The van der Waals surface area contributed by atoms with Crippen LogP contribution >= 0.6 is 0 Å². The molecule has 1 aliphatic rings. The van der Waals surface area contributed by atoms with Crippen LogP contribution in [0.15, 0.2) is 30.4 Å². The van der Waals surface area contributed by atoms with Crippen molar-refractivity contribution in [3.8, 4) is 0 Å². The maximum atomic E-state index is 4.14. The van der Waals surface area contributed by atoms with Gasteiger partial charge in [0.05, 0.1) is 6.54 Å². The van der Waals surface area contributed by atoms with Crippen LogP contribution in [0.4, 0.5) is 0 Å². The van der Waals surface area contributed by atoms with Gasteiger partial charge in [0.25, 0.3) is 0 Å². The Morgan fingerprint density at radius 3 is 2.73 bits per heavy atom. The Morgan fingerprint density at radius 1 is 1.36 bits per heavy atom. The fourth-order valence-corrected chi connectivity index (χ4v) is 0.953. The Balaban J connectivity index is 2.30. The largest absolute Gasteiger partial charge is 0.338 e. The molecule has 0 aromatic heterocycles. The van der Waals surface area contributed by atoms with Gasteiger partial charge >= 0.3 is 0 Å². The molecule has 0 bridgehead atoms. The molecule has 0 saturated heterocycles. The molecule has 0 unspecified atom stereocenters. The predicted molar refractivity (Wildman–Crippen MR) is 47.2 cm³/mol. The summed E-state index contributed by atoms with van der Waals surface area (Å²) in [5.41, 5.74) is 0. The molecule has 0 radical (unpaired) electrons. The monoisotopic (exact) mass is 151 g/mol. The molecule has 0 N–H and O–H groups in total. The van der Waals surface area contributed by atoms with Crippen LogP contribution in [-0.4, -0.2) is 36.0 Å². The molecule has 3 nitrogen and oxygen atoms in total. The molecule has 0 atom stereocenters. The fraction of sp³-hybridized carbons (Fsp3) is 0.375. The summed E-state index contributed by atoms with van der Waals surface area (Å²) < 4.78 is 0. The molecule has 1 aliphatic heterocycles. The minimum atomic E-state index is 0.810. The van der Waals surface area contributed by atoms with E-state index in [0.29, 0.717) is 0 Å². The van der Waals surface area contributed by atoms with Crippen LogP contribution in [0.25, 0.3) is 0 Å². The van der Waals surface area contributed by atoms with Gasteiger partial charge in [0.2, 0.25) is 0 Å². The van der Waals surface area contributed by atoms with Crippen molar-refractivity contribution < 1.29 is 0 Å². The van der Waals surface area contributed by atoms with Gasteiger partial charge in [0, 0.05) is 6.54 Å². The van der Waals surface area contributed by atoms with E-state index in [9.17, 15) is 0 Å². The zero-order valence-corrected chi connectivity index (χ0v) is 6.61. The summed E-state index contributed by atoms with van der Waals surface area (Å²) in [7, 11) is 0. The molecule has 1 rings (SSSR count). The lowest BCUT2D eigenvalue weighted by Gasteiger charge is -2.15. The number of hydrogen-bond donors (Lipinski definition) is 0. The lowest BCUT2D eigenvalue weighted by Crippen LogP contribution is -2.26. The van der Waals surface area contributed by atoms with E-state index in [0.717, 1.165) is 19.8 Å². The predicted octanol–water partition coefficient (Wildman–Crippen LogP) is 0.877. The highest BCUT2D eigenvalue weighted by atomic mass is 15.6. The minimum Gasteiger partial charge on any atom is -0.338 e. The third kappa shape index (κ3) is 2.11. The Kier molecular flexibility index (Phi) is 2.72. The molecule has 11 heavy (non-hydrogen) atoms. The summed E-state index contributed by atoms with van der Waals surface area (Å²) in [6.07, 6.45) is 5.53. The standard InChI is InChI=1S/C8H13N3/c1-3-5-10-7-9-11(8-10)6-4-2/h3-4,7H,1-2,5-6,8H2. The van der Waals surface area contributed by atoms with Crippen LogP contribution in [0.2, 0.25) is 0 Å². The van der Waals surface area contributed by atoms with Gasteiger partial charge in [0.1, 0.15) is 13.0 Å². The second-order valence-corrected chi connectivity index (χ2v) is 2.41. The molecule has 0 saturated carbocycles. The summed E-state index contributed by atoms with van der Waals surface area (Å²) >= 11 is 0. The first-order valence-corrected chi connectivity index (χ1v) is 3.61. The molecule has 0 fully saturated rings. The topological polar surface area (TPSA) is 18.8 Å². The molecule has 0 aliphatic carbocycles. The molecule has 0 aromatic rings. The van der Waals surface area contributed by atoms with E-state index in [1.165, 1.54) is 0 Å². The first kappa shape index (κ1) is 7.85. The first-order chi connectivity index (χ1) is 5.36. The van der Waals surface area contributed by atoms with Crippen molar-refractivity contribution in [2.75, 3.05) is 19.8 Å². The van der Waals surface area contributed by atoms with E-state index in [1.807, 2.05) is 23.5 Å². The molecule has 0 aromatic carbocycles. The maximum absolute atomic E-state index is 4.14. The van der Waals surface area contributed by atoms with Crippen LogP contribution < -0.4 is 0 Å². The van der Waals surface area contributed by atoms with Crippen LogP contribution in [0.3, 0.4) is 0 Å². The number of hydrazone groups is 1. The molecule has 1 heterocycles. The van der Waals surface area contributed by atoms with Crippen LogP contribution in [0, 0.1) is 0 Å². The zero-order valence-electron chi connectivity index (χ0n) is 6.61. The van der Waals surface area contributed by atoms with Gasteiger partial charge in [-0.2, -0.15) is 5.10 Å². The third-order valence-electron chi connectivity index (χ3n) is 1.43. The molecular formula is C8H13N3. The van der Waals surface area contributed by atoms with E-state index >= 15 is 0 Å². The van der Waals surface area contributed by atoms with Crippen LogP contribution in [0.1, 0.15) is 0 Å². The summed E-state index contributed by atoms with van der Waals surface area (Å²) in [6, 6.07) is 0. The SMILES string of the molecule is C=CCN1C=NN(CC=C)C1. The molecular weight excluding hydrogens is 138 g/mol. The quantitative estimate of drug-likeness (QED) is 0.555. The van der Waals surface area contributed by atoms with Gasteiger partial charge < -0.3 is 4.90 Å². The molecule has 0 spiro atoms. The van der Waals surface area contributed by atoms with Gasteiger partial charge in [0.15, 0.2) is 0 Å². The van der Waals surface area contributed by atoms with Gasteiger partial charge in [-0.05, 0) is 0 Å². The van der Waals surface area contributed by atoms with E-state index in [4.69, 9.17) is 0 Å². The number of hydrogen-bond acceptors (Lipinski definition) is 3. The Hall–Kier alpha value is -1.25. The molecule has 0 amide bonds. The normalized spacial score (nSPS) is 15.6. The summed E-state index contributed by atoms with van der Waals surface area (Å²) in [5.74, 6) is 0. The fourth-order valence-electron chi connectivity index (χ4n) is 0.953. The maximum Gasteiger partial charge on any atom is 0.113 e. The molecule has 3 heteroatoms. The Bertz CT molecular complexity index is 156. The average molecular weight is 151 g/mol. The summed E-state index contributed by atoms with van der Waals surface area (Å²) in [6.45, 7) is 9.81. The van der Waals surface area contributed by atoms with E-state index in [-0.39, 0.29) is 0 Å². The van der Waals surface area contributed by atoms with Crippen molar-refractivity contribution in [3.05, 3.63) is 25.3 Å². The van der Waals surface area contributed by atoms with Crippen molar-refractivity contribution in [1.29, 1.82) is 0 Å². The van der Waals surface area contributed by atoms with Crippen molar-refractivity contribution >= 4 is 6.34 Å².